The number of rotatable bonds is 5. The van der Waals surface area contributed by atoms with Crippen molar-refractivity contribution in [3.8, 4) is 5.75 Å². The van der Waals surface area contributed by atoms with E-state index >= 15 is 0 Å². The summed E-state index contributed by atoms with van der Waals surface area (Å²) in [5.41, 5.74) is 2.69. The molecule has 2 aromatic heterocycles. The zero-order chi connectivity index (χ0) is 21.8. The van der Waals surface area contributed by atoms with Crippen LogP contribution in [0.15, 0.2) is 43.0 Å². The maximum atomic E-state index is 12.3. The Morgan fingerprint density at radius 3 is 2.50 bits per heavy atom. The lowest BCUT2D eigenvalue weighted by Crippen LogP contribution is -2.40. The van der Waals surface area contributed by atoms with Gasteiger partial charge < -0.3 is 19.7 Å². The minimum absolute atomic E-state index is 0.0706. The molecule has 0 atom stereocenters. The van der Waals surface area contributed by atoms with E-state index in [4.69, 9.17) is 9.47 Å². The number of nitrogens with one attached hydrogen (secondary N) is 1. The highest BCUT2D eigenvalue weighted by atomic mass is 16.5. The fourth-order valence-electron chi connectivity index (χ4n) is 4.29. The topological polar surface area (TPSA) is 102 Å². The lowest BCUT2D eigenvalue weighted by atomic mass is 9.93. The minimum atomic E-state index is -0.227. The average Bonchev–Trinajstić information content (AvgIpc) is 2.86. The first-order chi connectivity index (χ1) is 15.8. The summed E-state index contributed by atoms with van der Waals surface area (Å²) < 4.78 is 11.9. The van der Waals surface area contributed by atoms with Gasteiger partial charge in [0.05, 0.1) is 24.8 Å². The lowest BCUT2D eigenvalue weighted by Gasteiger charge is -2.31. The summed E-state index contributed by atoms with van der Waals surface area (Å²) in [7, 11) is 0. The van der Waals surface area contributed by atoms with Crippen molar-refractivity contribution in [2.75, 3.05) is 31.2 Å². The fraction of sp³-hybridized carbons (Fsp3) is 0.435. The first kappa shape index (κ1) is 20.6. The van der Waals surface area contributed by atoms with E-state index in [-0.39, 0.29) is 23.9 Å². The Labute approximate surface area is 186 Å². The molecule has 5 rings (SSSR count). The van der Waals surface area contributed by atoms with E-state index in [2.05, 4.69) is 42.3 Å². The van der Waals surface area contributed by atoms with Crippen LogP contribution in [-0.2, 0) is 4.74 Å². The number of aromatic nitrogens is 4. The van der Waals surface area contributed by atoms with Gasteiger partial charge in [-0.3, -0.25) is 9.78 Å². The standard InChI is InChI=1S/C23H26N6O3/c30-23(22-26-6-1-7-27-22)28-16-2-4-18(5-3-16)32-20-15-17(29-10-12-31-13-11-29)14-19-21(20)25-9-8-24-19/h1,6-9,14-16,18H,2-5,10-13H2,(H,28,30). The van der Waals surface area contributed by atoms with Gasteiger partial charge in [0.1, 0.15) is 11.3 Å². The molecule has 0 bridgehead atoms. The van der Waals surface area contributed by atoms with Gasteiger partial charge in [0.15, 0.2) is 0 Å². The van der Waals surface area contributed by atoms with Crippen molar-refractivity contribution in [3.05, 3.63) is 48.8 Å². The van der Waals surface area contributed by atoms with Crippen LogP contribution in [0.2, 0.25) is 0 Å². The second-order valence-electron chi connectivity index (χ2n) is 8.10. The summed E-state index contributed by atoms with van der Waals surface area (Å²) >= 11 is 0. The van der Waals surface area contributed by atoms with Crippen LogP contribution in [0.3, 0.4) is 0 Å². The van der Waals surface area contributed by atoms with Crippen LogP contribution in [0.5, 0.6) is 5.75 Å². The molecule has 1 saturated carbocycles. The predicted molar refractivity (Wildman–Crippen MR) is 119 cm³/mol. The number of fused-ring (bicyclic) bond motifs is 1. The summed E-state index contributed by atoms with van der Waals surface area (Å²) in [5.74, 6) is 0.743. The Hall–Kier alpha value is -3.33. The molecule has 0 radical (unpaired) electrons. The number of hydrogen-bond donors (Lipinski definition) is 1. The Bertz CT molecular complexity index is 1070. The molecule has 2 fully saturated rings. The van der Waals surface area contributed by atoms with Crippen LogP contribution in [-0.4, -0.2) is 64.3 Å². The Balaban J connectivity index is 1.25. The Kier molecular flexibility index (Phi) is 6.06. The van der Waals surface area contributed by atoms with Crippen LogP contribution in [0.25, 0.3) is 11.0 Å². The van der Waals surface area contributed by atoms with E-state index in [0.717, 1.165) is 74.5 Å². The highest BCUT2D eigenvalue weighted by molar-refractivity contribution is 5.90. The molecular weight excluding hydrogens is 408 g/mol. The quantitative estimate of drug-likeness (QED) is 0.653. The summed E-state index contributed by atoms with van der Waals surface area (Å²) in [6, 6.07) is 5.94. The number of morpholine rings is 1. The molecule has 3 aromatic rings. The molecular formula is C23H26N6O3. The molecule has 32 heavy (non-hydrogen) atoms. The van der Waals surface area contributed by atoms with Crippen LogP contribution in [0.1, 0.15) is 36.3 Å². The molecule has 9 heteroatoms. The van der Waals surface area contributed by atoms with E-state index in [9.17, 15) is 4.79 Å². The maximum absolute atomic E-state index is 12.3. The smallest absolute Gasteiger partial charge is 0.289 e. The molecule has 1 aliphatic heterocycles. The van der Waals surface area contributed by atoms with Crippen molar-refractivity contribution in [2.24, 2.45) is 0 Å². The molecule has 1 N–H and O–H groups in total. The van der Waals surface area contributed by atoms with E-state index in [1.165, 1.54) is 0 Å². The van der Waals surface area contributed by atoms with Gasteiger partial charge in [0, 0.05) is 55.7 Å². The summed E-state index contributed by atoms with van der Waals surface area (Å²) in [4.78, 5) is 31.7. The molecule has 166 valence electrons. The van der Waals surface area contributed by atoms with Gasteiger partial charge in [0.25, 0.3) is 5.91 Å². The highest BCUT2D eigenvalue weighted by Gasteiger charge is 2.26. The molecule has 3 heterocycles. The summed E-state index contributed by atoms with van der Waals surface area (Å²) in [6.07, 6.45) is 10.0. The van der Waals surface area contributed by atoms with E-state index in [1.807, 2.05) is 0 Å². The minimum Gasteiger partial charge on any atom is -0.488 e. The third-order valence-corrected chi connectivity index (χ3v) is 5.97. The van der Waals surface area contributed by atoms with Crippen molar-refractivity contribution < 1.29 is 14.3 Å². The molecule has 9 nitrogen and oxygen atoms in total. The van der Waals surface area contributed by atoms with Gasteiger partial charge in [-0.1, -0.05) is 0 Å². The zero-order valence-electron chi connectivity index (χ0n) is 17.8. The Morgan fingerprint density at radius 2 is 1.72 bits per heavy atom. The predicted octanol–water partition coefficient (Wildman–Crippen LogP) is 2.38. The van der Waals surface area contributed by atoms with Gasteiger partial charge in [0.2, 0.25) is 5.82 Å². The zero-order valence-corrected chi connectivity index (χ0v) is 17.8. The lowest BCUT2D eigenvalue weighted by molar-refractivity contribution is 0.0884. The number of ether oxygens (including phenoxy) is 2. The van der Waals surface area contributed by atoms with Crippen LogP contribution >= 0.6 is 0 Å². The van der Waals surface area contributed by atoms with Crippen LogP contribution < -0.4 is 15.0 Å². The number of carbonyl (C=O) groups excluding carboxylic acids is 1. The first-order valence-electron chi connectivity index (χ1n) is 11.1. The van der Waals surface area contributed by atoms with Gasteiger partial charge in [-0.05, 0) is 37.8 Å². The van der Waals surface area contributed by atoms with Crippen molar-refractivity contribution in [3.63, 3.8) is 0 Å². The number of anilines is 1. The number of amides is 1. The highest BCUT2D eigenvalue weighted by Crippen LogP contribution is 2.33. The molecule has 1 saturated heterocycles. The Morgan fingerprint density at radius 1 is 0.969 bits per heavy atom. The second kappa shape index (κ2) is 9.44. The fourth-order valence-corrected chi connectivity index (χ4v) is 4.29. The van der Waals surface area contributed by atoms with E-state index < -0.39 is 0 Å². The number of nitrogens with zero attached hydrogens (tertiary/aromatic N) is 5. The molecule has 2 aliphatic rings. The summed E-state index contributed by atoms with van der Waals surface area (Å²) in [5, 5.41) is 3.04. The number of benzene rings is 1. The van der Waals surface area contributed by atoms with Crippen molar-refractivity contribution in [1.82, 2.24) is 25.3 Å². The third kappa shape index (κ3) is 4.62. The third-order valence-electron chi connectivity index (χ3n) is 5.97. The number of carbonyl (C=O) groups is 1. The molecule has 0 unspecified atom stereocenters. The van der Waals surface area contributed by atoms with E-state index in [1.54, 1.807) is 30.9 Å². The largest absolute Gasteiger partial charge is 0.488 e. The van der Waals surface area contributed by atoms with Crippen LogP contribution in [0.4, 0.5) is 5.69 Å². The second-order valence-corrected chi connectivity index (χ2v) is 8.10. The van der Waals surface area contributed by atoms with Crippen LogP contribution in [0, 0.1) is 0 Å². The number of hydrogen-bond acceptors (Lipinski definition) is 8. The normalized spacial score (nSPS) is 21.3. The van der Waals surface area contributed by atoms with Crippen molar-refractivity contribution in [1.29, 1.82) is 0 Å². The van der Waals surface area contributed by atoms with Gasteiger partial charge in [-0.25, -0.2) is 15.0 Å². The van der Waals surface area contributed by atoms with Crippen molar-refractivity contribution >= 4 is 22.6 Å². The van der Waals surface area contributed by atoms with Crippen molar-refractivity contribution in [2.45, 2.75) is 37.8 Å². The summed E-state index contributed by atoms with van der Waals surface area (Å²) in [6.45, 7) is 3.14. The molecule has 1 aromatic carbocycles. The molecule has 0 spiro atoms. The van der Waals surface area contributed by atoms with Gasteiger partial charge in [-0.2, -0.15) is 0 Å². The van der Waals surface area contributed by atoms with Gasteiger partial charge >= 0.3 is 0 Å². The molecule has 1 aliphatic carbocycles. The van der Waals surface area contributed by atoms with E-state index in [0.29, 0.717) is 0 Å². The first-order valence-corrected chi connectivity index (χ1v) is 11.1. The van der Waals surface area contributed by atoms with Gasteiger partial charge in [-0.15, -0.1) is 0 Å². The monoisotopic (exact) mass is 434 g/mol. The average molecular weight is 435 g/mol. The maximum Gasteiger partial charge on any atom is 0.289 e. The molecule has 1 amide bonds. The SMILES string of the molecule is O=C(NC1CCC(Oc2cc(N3CCOCC3)cc3nccnc23)CC1)c1ncccn1.